The van der Waals surface area contributed by atoms with Gasteiger partial charge in [0.15, 0.2) is 11.5 Å². The standard InChI is InChI=1S/C23H21NO5/c1-28-21-13-17(15-24-19-10-8-18(9-11-19)23(26)27)7-12-20(21)29-22(25)14-16-5-3-2-4-6-16/h2-13,24H,14-15H2,1H3,(H,26,27). The highest BCUT2D eigenvalue weighted by Gasteiger charge is 2.12. The van der Waals surface area contributed by atoms with Crippen LogP contribution in [0.15, 0.2) is 72.8 Å². The highest BCUT2D eigenvalue weighted by Crippen LogP contribution is 2.29. The van der Waals surface area contributed by atoms with Crippen molar-refractivity contribution in [3.8, 4) is 11.5 Å². The molecule has 6 heteroatoms. The summed E-state index contributed by atoms with van der Waals surface area (Å²) in [6, 6.07) is 21.2. The van der Waals surface area contributed by atoms with Gasteiger partial charge in [0, 0.05) is 12.2 Å². The first-order valence-corrected chi connectivity index (χ1v) is 9.04. The molecule has 0 aliphatic carbocycles. The molecule has 0 aromatic heterocycles. The predicted octanol–water partition coefficient (Wildman–Crippen LogP) is 4.15. The summed E-state index contributed by atoms with van der Waals surface area (Å²) in [5.41, 5.74) is 2.84. The third-order valence-corrected chi connectivity index (χ3v) is 4.27. The zero-order chi connectivity index (χ0) is 20.6. The van der Waals surface area contributed by atoms with E-state index >= 15 is 0 Å². The second kappa shape index (κ2) is 9.41. The van der Waals surface area contributed by atoms with Crippen LogP contribution >= 0.6 is 0 Å². The first-order chi connectivity index (χ1) is 14.0. The summed E-state index contributed by atoms with van der Waals surface area (Å²) < 4.78 is 10.8. The van der Waals surface area contributed by atoms with Gasteiger partial charge in [-0.3, -0.25) is 4.79 Å². The van der Waals surface area contributed by atoms with Gasteiger partial charge in [-0.1, -0.05) is 36.4 Å². The van der Waals surface area contributed by atoms with Crippen LogP contribution in [0.25, 0.3) is 0 Å². The summed E-state index contributed by atoms with van der Waals surface area (Å²) in [7, 11) is 1.52. The molecule has 29 heavy (non-hydrogen) atoms. The number of esters is 1. The summed E-state index contributed by atoms with van der Waals surface area (Å²) in [5, 5.41) is 12.2. The predicted molar refractivity (Wildman–Crippen MR) is 110 cm³/mol. The van der Waals surface area contributed by atoms with Crippen molar-refractivity contribution < 1.29 is 24.2 Å². The summed E-state index contributed by atoms with van der Waals surface area (Å²) in [6.07, 6.45) is 0.180. The van der Waals surface area contributed by atoms with Gasteiger partial charge in [-0.15, -0.1) is 0 Å². The molecule has 6 nitrogen and oxygen atoms in total. The Bertz CT molecular complexity index is 984. The van der Waals surface area contributed by atoms with E-state index in [4.69, 9.17) is 14.6 Å². The summed E-state index contributed by atoms with van der Waals surface area (Å²) in [6.45, 7) is 0.501. The number of anilines is 1. The van der Waals surface area contributed by atoms with Crippen LogP contribution in [0, 0.1) is 0 Å². The summed E-state index contributed by atoms with van der Waals surface area (Å²) in [4.78, 5) is 23.1. The molecule has 0 aliphatic rings. The molecule has 2 N–H and O–H groups in total. The van der Waals surface area contributed by atoms with Crippen LogP contribution in [0.5, 0.6) is 11.5 Å². The SMILES string of the molecule is COc1cc(CNc2ccc(C(=O)O)cc2)ccc1OC(=O)Cc1ccccc1. The molecule has 0 bridgehead atoms. The molecule has 0 unspecified atom stereocenters. The number of nitrogens with one attached hydrogen (secondary N) is 1. The van der Waals surface area contributed by atoms with E-state index in [1.807, 2.05) is 36.4 Å². The number of carbonyl (C=O) groups excluding carboxylic acids is 1. The lowest BCUT2D eigenvalue weighted by molar-refractivity contribution is -0.133. The Morgan fingerprint density at radius 2 is 1.62 bits per heavy atom. The van der Waals surface area contributed by atoms with E-state index < -0.39 is 5.97 Å². The highest BCUT2D eigenvalue weighted by atomic mass is 16.6. The number of ether oxygens (including phenoxy) is 2. The van der Waals surface area contributed by atoms with E-state index in [-0.39, 0.29) is 18.0 Å². The Kier molecular flexibility index (Phi) is 6.47. The molecule has 0 heterocycles. The lowest BCUT2D eigenvalue weighted by atomic mass is 10.1. The second-order valence-electron chi connectivity index (χ2n) is 6.36. The van der Waals surface area contributed by atoms with Crippen LogP contribution < -0.4 is 14.8 Å². The van der Waals surface area contributed by atoms with Crippen LogP contribution in [0.2, 0.25) is 0 Å². The maximum absolute atomic E-state index is 12.2. The fourth-order valence-electron chi connectivity index (χ4n) is 2.76. The number of hydrogen-bond acceptors (Lipinski definition) is 5. The molecule has 3 aromatic rings. The van der Waals surface area contributed by atoms with Gasteiger partial charge in [-0.25, -0.2) is 4.79 Å². The van der Waals surface area contributed by atoms with Crippen molar-refractivity contribution in [2.24, 2.45) is 0 Å². The fourth-order valence-corrected chi connectivity index (χ4v) is 2.76. The average Bonchev–Trinajstić information content (AvgIpc) is 2.74. The minimum absolute atomic E-state index is 0.180. The van der Waals surface area contributed by atoms with E-state index in [9.17, 15) is 9.59 Å². The van der Waals surface area contributed by atoms with E-state index in [1.165, 1.54) is 7.11 Å². The Balaban J connectivity index is 1.62. The number of methoxy groups -OCH3 is 1. The van der Waals surface area contributed by atoms with E-state index in [1.54, 1.807) is 36.4 Å². The first kappa shape index (κ1) is 19.9. The maximum Gasteiger partial charge on any atom is 0.335 e. The van der Waals surface area contributed by atoms with Crippen molar-refractivity contribution in [3.63, 3.8) is 0 Å². The van der Waals surface area contributed by atoms with E-state index in [0.717, 1.165) is 16.8 Å². The van der Waals surface area contributed by atoms with E-state index in [0.29, 0.717) is 18.0 Å². The fraction of sp³-hybridized carbons (Fsp3) is 0.130. The van der Waals surface area contributed by atoms with E-state index in [2.05, 4.69) is 5.32 Å². The van der Waals surface area contributed by atoms with Gasteiger partial charge < -0.3 is 19.9 Å². The normalized spacial score (nSPS) is 10.2. The molecule has 3 aromatic carbocycles. The lowest BCUT2D eigenvalue weighted by Crippen LogP contribution is -2.12. The van der Waals surface area contributed by atoms with Crippen LogP contribution in [-0.4, -0.2) is 24.2 Å². The number of carboxylic acids is 1. The molecule has 0 saturated carbocycles. The minimum atomic E-state index is -0.960. The number of carbonyl (C=O) groups is 2. The van der Waals surface area contributed by atoms with Crippen LogP contribution in [0.4, 0.5) is 5.69 Å². The molecule has 0 spiro atoms. The van der Waals surface area contributed by atoms with Gasteiger partial charge in [0.05, 0.1) is 19.1 Å². The minimum Gasteiger partial charge on any atom is -0.493 e. The van der Waals surface area contributed by atoms with Crippen molar-refractivity contribution in [1.29, 1.82) is 0 Å². The monoisotopic (exact) mass is 391 g/mol. The molecule has 0 fully saturated rings. The third kappa shape index (κ3) is 5.59. The van der Waals surface area contributed by atoms with Gasteiger partial charge in [-0.05, 0) is 47.5 Å². The first-order valence-electron chi connectivity index (χ1n) is 9.04. The maximum atomic E-state index is 12.2. The summed E-state index contributed by atoms with van der Waals surface area (Å²) in [5.74, 6) is -0.493. The molecule has 148 valence electrons. The number of aromatic carboxylic acids is 1. The third-order valence-electron chi connectivity index (χ3n) is 4.27. The molecule has 0 saturated heterocycles. The number of rotatable bonds is 8. The van der Waals surface area contributed by atoms with Crippen LogP contribution in [0.3, 0.4) is 0 Å². The van der Waals surface area contributed by atoms with Crippen molar-refractivity contribution in [3.05, 3.63) is 89.5 Å². The van der Waals surface area contributed by atoms with Crippen molar-refractivity contribution in [2.45, 2.75) is 13.0 Å². The van der Waals surface area contributed by atoms with Gasteiger partial charge in [0.25, 0.3) is 0 Å². The zero-order valence-electron chi connectivity index (χ0n) is 15.9. The Labute approximate surface area is 168 Å². The van der Waals surface area contributed by atoms with Crippen molar-refractivity contribution in [2.75, 3.05) is 12.4 Å². The molecule has 0 amide bonds. The zero-order valence-corrected chi connectivity index (χ0v) is 15.9. The topological polar surface area (TPSA) is 84.9 Å². The van der Waals surface area contributed by atoms with Crippen LogP contribution in [-0.2, 0) is 17.8 Å². The smallest absolute Gasteiger partial charge is 0.335 e. The molecule has 0 atom stereocenters. The van der Waals surface area contributed by atoms with Gasteiger partial charge in [0.1, 0.15) is 0 Å². The largest absolute Gasteiger partial charge is 0.493 e. The lowest BCUT2D eigenvalue weighted by Gasteiger charge is -2.12. The van der Waals surface area contributed by atoms with Crippen molar-refractivity contribution in [1.82, 2.24) is 0 Å². The molecule has 0 aliphatic heterocycles. The van der Waals surface area contributed by atoms with Crippen molar-refractivity contribution >= 4 is 17.6 Å². The number of carboxylic acid groups (broad SMARTS) is 1. The Morgan fingerprint density at radius 1 is 0.897 bits per heavy atom. The molecule has 3 rings (SSSR count). The Hall–Kier alpha value is -3.80. The van der Waals surface area contributed by atoms with Gasteiger partial charge in [-0.2, -0.15) is 0 Å². The number of hydrogen-bond donors (Lipinski definition) is 2. The molecular weight excluding hydrogens is 370 g/mol. The quantitative estimate of drug-likeness (QED) is 0.443. The Morgan fingerprint density at radius 3 is 2.28 bits per heavy atom. The van der Waals surface area contributed by atoms with Crippen LogP contribution in [0.1, 0.15) is 21.5 Å². The van der Waals surface area contributed by atoms with Gasteiger partial charge in [0.2, 0.25) is 0 Å². The number of benzene rings is 3. The van der Waals surface area contributed by atoms with Gasteiger partial charge >= 0.3 is 11.9 Å². The molecular formula is C23H21NO5. The highest BCUT2D eigenvalue weighted by molar-refractivity contribution is 5.88. The summed E-state index contributed by atoms with van der Waals surface area (Å²) >= 11 is 0. The average molecular weight is 391 g/mol. The second-order valence-corrected chi connectivity index (χ2v) is 6.36. The molecule has 0 radical (unpaired) electrons.